The van der Waals surface area contributed by atoms with Gasteiger partial charge in [0.05, 0.1) is 6.08 Å². The van der Waals surface area contributed by atoms with E-state index >= 15 is 0 Å². The summed E-state index contributed by atoms with van der Waals surface area (Å²) in [6.07, 6.45) is 11.0. The maximum atomic E-state index is 12.2. The molecular formula is C20H23ClN2O. The van der Waals surface area contributed by atoms with Gasteiger partial charge in [-0.15, -0.1) is 0 Å². The third kappa shape index (κ3) is 4.45. The first kappa shape index (κ1) is 18.2. The van der Waals surface area contributed by atoms with Gasteiger partial charge in [0.2, 0.25) is 0 Å². The summed E-state index contributed by atoms with van der Waals surface area (Å²) >= 11 is 0. The van der Waals surface area contributed by atoms with E-state index in [9.17, 15) is 4.79 Å². The summed E-state index contributed by atoms with van der Waals surface area (Å²) in [6.45, 7) is 4.40. The molecule has 0 amide bonds. The van der Waals surface area contributed by atoms with Crippen molar-refractivity contribution < 1.29 is 21.8 Å². The van der Waals surface area contributed by atoms with Crippen LogP contribution in [0, 0.1) is 0 Å². The van der Waals surface area contributed by atoms with Crippen LogP contribution >= 0.6 is 0 Å². The van der Waals surface area contributed by atoms with Crippen LogP contribution in [-0.2, 0) is 6.42 Å². The number of hydrogen-bond acceptors (Lipinski definition) is 2. The normalized spacial score (nSPS) is 14.0. The molecule has 0 N–H and O–H groups in total. The standard InChI is InChI=1S/C20H23N2O.ClH/c1-2-17-5-7-18(8-6-17)20(23)11-16-21-14-9-19(10-15-21)22-12-3-4-13-22;/h5-11,14-16H,2-4,12-13H2,1H3;1H/q+1;/p-1/b16-11+;. The molecule has 0 saturated carbocycles. The summed E-state index contributed by atoms with van der Waals surface area (Å²) in [4.78, 5) is 14.6. The largest absolute Gasteiger partial charge is 1.00 e. The number of allylic oxidation sites excluding steroid dienone is 1. The molecule has 2 aromatic rings. The molecule has 0 spiro atoms. The van der Waals surface area contributed by atoms with Crippen molar-refractivity contribution in [2.75, 3.05) is 18.0 Å². The quantitative estimate of drug-likeness (QED) is 0.449. The van der Waals surface area contributed by atoms with E-state index < -0.39 is 0 Å². The van der Waals surface area contributed by atoms with Gasteiger partial charge in [-0.25, -0.2) is 0 Å². The highest BCUT2D eigenvalue weighted by atomic mass is 35.5. The topological polar surface area (TPSA) is 24.2 Å². The Bertz CT molecular complexity index is 687. The van der Waals surface area contributed by atoms with Crippen molar-refractivity contribution in [3.05, 3.63) is 66.0 Å². The first-order valence-electron chi connectivity index (χ1n) is 8.33. The van der Waals surface area contributed by atoms with Crippen LogP contribution in [-0.4, -0.2) is 18.9 Å². The minimum absolute atomic E-state index is 0. The highest BCUT2D eigenvalue weighted by molar-refractivity contribution is 6.05. The zero-order chi connectivity index (χ0) is 16.1. The number of carbonyl (C=O) groups is 1. The van der Waals surface area contributed by atoms with Gasteiger partial charge in [-0.05, 0) is 24.8 Å². The Kier molecular flexibility index (Phi) is 6.56. The SMILES string of the molecule is CCc1ccc(C(=O)/C=C/[n+]2ccc(N3CCCC3)cc2)cc1.[Cl-]. The van der Waals surface area contributed by atoms with E-state index in [1.807, 2.05) is 47.4 Å². The molecule has 126 valence electrons. The van der Waals surface area contributed by atoms with Crippen LogP contribution in [0.25, 0.3) is 6.20 Å². The molecule has 1 fully saturated rings. The fourth-order valence-corrected chi connectivity index (χ4v) is 2.87. The molecule has 3 nitrogen and oxygen atoms in total. The van der Waals surface area contributed by atoms with Crippen molar-refractivity contribution in [2.24, 2.45) is 0 Å². The van der Waals surface area contributed by atoms with Gasteiger partial charge >= 0.3 is 0 Å². The molecule has 0 bridgehead atoms. The average molecular weight is 343 g/mol. The van der Waals surface area contributed by atoms with Crippen molar-refractivity contribution >= 4 is 17.7 Å². The second-order valence-electron chi connectivity index (χ2n) is 5.93. The van der Waals surface area contributed by atoms with Gasteiger partial charge < -0.3 is 17.3 Å². The fraction of sp³-hybridized carbons (Fsp3) is 0.300. The molecule has 0 aliphatic carbocycles. The molecule has 3 rings (SSSR count). The first-order valence-corrected chi connectivity index (χ1v) is 8.33. The lowest BCUT2D eigenvalue weighted by Gasteiger charge is -2.15. The summed E-state index contributed by atoms with van der Waals surface area (Å²) < 4.78 is 1.91. The molecule has 24 heavy (non-hydrogen) atoms. The number of nitrogens with zero attached hydrogens (tertiary/aromatic N) is 2. The maximum absolute atomic E-state index is 12.2. The number of aromatic nitrogens is 1. The predicted octanol–water partition coefficient (Wildman–Crippen LogP) is 0.494. The number of benzene rings is 1. The summed E-state index contributed by atoms with van der Waals surface area (Å²) in [6, 6.07) is 12.0. The van der Waals surface area contributed by atoms with Crippen LogP contribution in [0.3, 0.4) is 0 Å². The summed E-state index contributed by atoms with van der Waals surface area (Å²) in [5.41, 5.74) is 3.23. The van der Waals surface area contributed by atoms with Crippen molar-refractivity contribution in [1.82, 2.24) is 0 Å². The van der Waals surface area contributed by atoms with E-state index in [4.69, 9.17) is 0 Å². The van der Waals surface area contributed by atoms with Gasteiger partial charge in [-0.3, -0.25) is 4.79 Å². The van der Waals surface area contributed by atoms with Gasteiger partial charge in [-0.1, -0.05) is 31.2 Å². The number of carbonyl (C=O) groups excluding carboxylic acids is 1. The van der Waals surface area contributed by atoms with Crippen LogP contribution in [0.15, 0.2) is 54.9 Å². The van der Waals surface area contributed by atoms with Crippen molar-refractivity contribution in [2.45, 2.75) is 26.2 Å². The van der Waals surface area contributed by atoms with Crippen molar-refractivity contribution in [3.8, 4) is 0 Å². The third-order valence-corrected chi connectivity index (χ3v) is 4.35. The van der Waals surface area contributed by atoms with Crippen LogP contribution in [0.4, 0.5) is 5.69 Å². The number of ketones is 1. The Labute approximate surface area is 150 Å². The van der Waals surface area contributed by atoms with Gasteiger partial charge in [0.25, 0.3) is 0 Å². The Hall–Kier alpha value is -2.13. The molecule has 2 heterocycles. The molecule has 0 radical (unpaired) electrons. The minimum atomic E-state index is 0. The van der Waals surface area contributed by atoms with Crippen molar-refractivity contribution in [3.63, 3.8) is 0 Å². The smallest absolute Gasteiger partial charge is 0.191 e. The highest BCUT2D eigenvalue weighted by Crippen LogP contribution is 2.17. The Morgan fingerprint density at radius 1 is 1.08 bits per heavy atom. The van der Waals surface area contributed by atoms with E-state index in [0.717, 1.165) is 25.1 Å². The lowest BCUT2D eigenvalue weighted by Crippen LogP contribution is -3.00. The number of pyridine rings is 1. The predicted molar refractivity (Wildman–Crippen MR) is 93.6 cm³/mol. The van der Waals surface area contributed by atoms with Gasteiger partial charge in [0, 0.05) is 36.5 Å². The number of rotatable bonds is 5. The number of hydrogen-bond donors (Lipinski definition) is 0. The van der Waals surface area contributed by atoms with E-state index in [-0.39, 0.29) is 18.2 Å². The minimum Gasteiger partial charge on any atom is -1.00 e. The molecule has 0 atom stereocenters. The van der Waals surface area contributed by atoms with E-state index in [2.05, 4.69) is 24.0 Å². The van der Waals surface area contributed by atoms with E-state index in [1.54, 1.807) is 6.08 Å². The summed E-state index contributed by atoms with van der Waals surface area (Å²) in [5, 5.41) is 0. The Morgan fingerprint density at radius 2 is 1.71 bits per heavy atom. The lowest BCUT2D eigenvalue weighted by molar-refractivity contribution is -0.568. The molecule has 1 aromatic heterocycles. The highest BCUT2D eigenvalue weighted by Gasteiger charge is 2.13. The van der Waals surface area contributed by atoms with Gasteiger partial charge in [0.15, 0.2) is 24.4 Å². The molecular weight excluding hydrogens is 320 g/mol. The third-order valence-electron chi connectivity index (χ3n) is 4.35. The Morgan fingerprint density at radius 3 is 2.29 bits per heavy atom. The van der Waals surface area contributed by atoms with Crippen LogP contribution < -0.4 is 21.9 Å². The van der Waals surface area contributed by atoms with E-state index in [0.29, 0.717) is 0 Å². The van der Waals surface area contributed by atoms with E-state index in [1.165, 1.54) is 24.1 Å². The summed E-state index contributed by atoms with van der Waals surface area (Å²) in [7, 11) is 0. The molecule has 0 unspecified atom stereocenters. The molecule has 1 aliphatic heterocycles. The second kappa shape index (κ2) is 8.65. The van der Waals surface area contributed by atoms with Crippen LogP contribution in [0.2, 0.25) is 0 Å². The molecule has 1 saturated heterocycles. The Balaban J connectivity index is 0.00000208. The monoisotopic (exact) mass is 342 g/mol. The number of aryl methyl sites for hydroxylation is 1. The first-order chi connectivity index (χ1) is 11.3. The molecule has 1 aromatic carbocycles. The lowest BCUT2D eigenvalue weighted by atomic mass is 10.1. The average Bonchev–Trinajstić information content (AvgIpc) is 3.15. The maximum Gasteiger partial charge on any atom is 0.191 e. The van der Waals surface area contributed by atoms with Crippen molar-refractivity contribution in [1.29, 1.82) is 0 Å². The van der Waals surface area contributed by atoms with Crippen LogP contribution in [0.5, 0.6) is 0 Å². The summed E-state index contributed by atoms with van der Waals surface area (Å²) in [5.74, 6) is 0.0313. The fourth-order valence-electron chi connectivity index (χ4n) is 2.87. The number of anilines is 1. The van der Waals surface area contributed by atoms with Crippen LogP contribution in [0.1, 0.15) is 35.7 Å². The zero-order valence-electron chi connectivity index (χ0n) is 14.0. The van der Waals surface area contributed by atoms with Gasteiger partial charge in [0.1, 0.15) is 0 Å². The molecule has 4 heteroatoms. The van der Waals surface area contributed by atoms with Gasteiger partial charge in [-0.2, -0.15) is 4.57 Å². The second-order valence-corrected chi connectivity index (χ2v) is 5.93. The zero-order valence-corrected chi connectivity index (χ0v) is 14.7. The molecule has 1 aliphatic rings. The number of halogens is 1.